The van der Waals surface area contributed by atoms with Crippen molar-refractivity contribution in [2.24, 2.45) is 0 Å². The zero-order chi connectivity index (χ0) is 15.2. The lowest BCUT2D eigenvalue weighted by atomic mass is 10.3. The molecule has 2 amide bonds. The average molecular weight is 332 g/mol. The molecule has 1 saturated heterocycles. The third-order valence-corrected chi connectivity index (χ3v) is 4.55. The van der Waals surface area contributed by atoms with Crippen LogP contribution < -0.4 is 5.32 Å². The highest BCUT2D eigenvalue weighted by Gasteiger charge is 2.21. The summed E-state index contributed by atoms with van der Waals surface area (Å²) in [6.45, 7) is 4.22. The Kier molecular flexibility index (Phi) is 5.84. The minimum atomic E-state index is -0.280. The largest absolute Gasteiger partial charge is 0.453 e. The van der Waals surface area contributed by atoms with Crippen LogP contribution in [0.5, 0.6) is 0 Å². The van der Waals surface area contributed by atoms with Crippen LogP contribution >= 0.6 is 22.9 Å². The number of thiophene rings is 1. The first-order valence-electron chi connectivity index (χ1n) is 6.69. The van der Waals surface area contributed by atoms with E-state index in [-0.39, 0.29) is 12.0 Å². The van der Waals surface area contributed by atoms with Crippen LogP contribution in [0.15, 0.2) is 12.1 Å². The second kappa shape index (κ2) is 7.63. The monoisotopic (exact) mass is 331 g/mol. The lowest BCUT2D eigenvalue weighted by molar-refractivity contribution is 0.0886. The third-order valence-electron chi connectivity index (χ3n) is 3.32. The number of carbonyl (C=O) groups excluding carboxylic acids is 2. The lowest BCUT2D eigenvalue weighted by Crippen LogP contribution is -2.50. The highest BCUT2D eigenvalue weighted by molar-refractivity contribution is 7.17. The van der Waals surface area contributed by atoms with Crippen molar-refractivity contribution in [2.75, 3.05) is 46.4 Å². The number of methoxy groups -OCH3 is 1. The fourth-order valence-electron chi connectivity index (χ4n) is 2.13. The van der Waals surface area contributed by atoms with Gasteiger partial charge in [0.2, 0.25) is 0 Å². The smallest absolute Gasteiger partial charge is 0.409 e. The number of halogens is 1. The van der Waals surface area contributed by atoms with Gasteiger partial charge in [0.15, 0.2) is 0 Å². The van der Waals surface area contributed by atoms with Gasteiger partial charge in [-0.15, -0.1) is 11.3 Å². The Balaban J connectivity index is 1.66. The minimum Gasteiger partial charge on any atom is -0.453 e. The molecule has 21 heavy (non-hydrogen) atoms. The Hall–Kier alpha value is -1.31. The van der Waals surface area contributed by atoms with Gasteiger partial charge in [-0.1, -0.05) is 11.6 Å². The van der Waals surface area contributed by atoms with Crippen molar-refractivity contribution in [1.29, 1.82) is 0 Å². The molecular formula is C13H18ClN3O3S. The number of nitrogens with one attached hydrogen (secondary N) is 1. The highest BCUT2D eigenvalue weighted by Crippen LogP contribution is 2.20. The first-order valence-corrected chi connectivity index (χ1v) is 7.88. The summed E-state index contributed by atoms with van der Waals surface area (Å²) < 4.78 is 5.30. The van der Waals surface area contributed by atoms with Crippen molar-refractivity contribution >= 4 is 34.9 Å². The first kappa shape index (κ1) is 16.1. The number of nitrogens with zero attached hydrogens (tertiary/aromatic N) is 2. The number of rotatable bonds is 4. The summed E-state index contributed by atoms with van der Waals surface area (Å²) in [7, 11) is 1.39. The zero-order valence-electron chi connectivity index (χ0n) is 11.8. The van der Waals surface area contributed by atoms with Crippen molar-refractivity contribution in [3.8, 4) is 0 Å². The molecule has 1 aromatic rings. The van der Waals surface area contributed by atoms with E-state index in [4.69, 9.17) is 16.3 Å². The molecule has 1 fully saturated rings. The Morgan fingerprint density at radius 2 is 2.05 bits per heavy atom. The molecular weight excluding hydrogens is 314 g/mol. The summed E-state index contributed by atoms with van der Waals surface area (Å²) in [5.74, 6) is -0.0971. The second-order valence-electron chi connectivity index (χ2n) is 4.66. The van der Waals surface area contributed by atoms with Gasteiger partial charge in [0.1, 0.15) is 0 Å². The van der Waals surface area contributed by atoms with Crippen molar-refractivity contribution in [2.45, 2.75) is 0 Å². The highest BCUT2D eigenvalue weighted by atomic mass is 35.5. The normalized spacial score (nSPS) is 15.8. The maximum absolute atomic E-state index is 11.8. The van der Waals surface area contributed by atoms with E-state index < -0.39 is 0 Å². The molecule has 1 aliphatic heterocycles. The van der Waals surface area contributed by atoms with Gasteiger partial charge in [-0.2, -0.15) is 0 Å². The molecule has 0 aliphatic carbocycles. The molecule has 0 saturated carbocycles. The van der Waals surface area contributed by atoms with Gasteiger partial charge >= 0.3 is 6.09 Å². The second-order valence-corrected chi connectivity index (χ2v) is 6.37. The average Bonchev–Trinajstić information content (AvgIpc) is 2.94. The van der Waals surface area contributed by atoms with Crippen LogP contribution in [0.4, 0.5) is 4.79 Å². The van der Waals surface area contributed by atoms with Crippen LogP contribution in [0.25, 0.3) is 0 Å². The minimum absolute atomic E-state index is 0.0971. The zero-order valence-corrected chi connectivity index (χ0v) is 13.4. The number of ether oxygens (including phenoxy) is 1. The molecule has 0 radical (unpaired) electrons. The van der Waals surface area contributed by atoms with E-state index in [1.165, 1.54) is 18.4 Å². The van der Waals surface area contributed by atoms with E-state index in [2.05, 4.69) is 10.2 Å². The van der Waals surface area contributed by atoms with Crippen LogP contribution in [0.2, 0.25) is 4.34 Å². The molecule has 2 heterocycles. The van der Waals surface area contributed by atoms with Crippen LogP contribution in [-0.4, -0.2) is 68.2 Å². The molecule has 2 rings (SSSR count). The molecule has 0 unspecified atom stereocenters. The van der Waals surface area contributed by atoms with E-state index in [0.717, 1.165) is 19.6 Å². The van der Waals surface area contributed by atoms with Crippen molar-refractivity contribution < 1.29 is 14.3 Å². The number of piperazine rings is 1. The Bertz CT molecular complexity index is 501. The SMILES string of the molecule is COC(=O)N1CCN(CCNC(=O)c2ccc(Cl)s2)CC1. The molecule has 0 spiro atoms. The Morgan fingerprint density at radius 1 is 1.33 bits per heavy atom. The lowest BCUT2D eigenvalue weighted by Gasteiger charge is -2.33. The molecule has 0 aromatic carbocycles. The predicted molar refractivity (Wildman–Crippen MR) is 82.1 cm³/mol. The van der Waals surface area contributed by atoms with Gasteiger partial charge < -0.3 is 15.0 Å². The van der Waals surface area contributed by atoms with Gasteiger partial charge in [0.05, 0.1) is 16.3 Å². The van der Waals surface area contributed by atoms with Gasteiger partial charge in [0.25, 0.3) is 5.91 Å². The maximum Gasteiger partial charge on any atom is 0.409 e. The van der Waals surface area contributed by atoms with E-state index in [9.17, 15) is 9.59 Å². The Morgan fingerprint density at radius 3 is 2.62 bits per heavy atom. The molecule has 6 nitrogen and oxygen atoms in total. The summed E-state index contributed by atoms with van der Waals surface area (Å²) in [6.07, 6.45) is -0.280. The van der Waals surface area contributed by atoms with E-state index in [1.54, 1.807) is 17.0 Å². The molecule has 1 aliphatic rings. The quantitative estimate of drug-likeness (QED) is 0.908. The molecule has 1 aromatic heterocycles. The summed E-state index contributed by atoms with van der Waals surface area (Å²) in [5.41, 5.74) is 0. The van der Waals surface area contributed by atoms with Crippen molar-refractivity contribution in [3.05, 3.63) is 21.3 Å². The van der Waals surface area contributed by atoms with Crippen molar-refractivity contribution in [3.63, 3.8) is 0 Å². The van der Waals surface area contributed by atoms with Crippen LogP contribution in [-0.2, 0) is 4.74 Å². The van der Waals surface area contributed by atoms with Crippen LogP contribution in [0.1, 0.15) is 9.67 Å². The predicted octanol–water partition coefficient (Wildman–Crippen LogP) is 1.52. The third kappa shape index (κ3) is 4.59. The van der Waals surface area contributed by atoms with Gasteiger partial charge in [-0.05, 0) is 12.1 Å². The number of carbonyl (C=O) groups is 2. The fourth-order valence-corrected chi connectivity index (χ4v) is 3.09. The maximum atomic E-state index is 11.8. The molecule has 0 atom stereocenters. The molecule has 1 N–H and O–H groups in total. The topological polar surface area (TPSA) is 61.9 Å². The fraction of sp³-hybridized carbons (Fsp3) is 0.538. The van der Waals surface area contributed by atoms with E-state index in [0.29, 0.717) is 28.8 Å². The molecule has 0 bridgehead atoms. The van der Waals surface area contributed by atoms with E-state index >= 15 is 0 Å². The van der Waals surface area contributed by atoms with Crippen LogP contribution in [0.3, 0.4) is 0 Å². The van der Waals surface area contributed by atoms with Gasteiger partial charge in [-0.25, -0.2) is 4.79 Å². The number of amides is 2. The van der Waals surface area contributed by atoms with Gasteiger partial charge in [0, 0.05) is 39.3 Å². The number of hydrogen-bond donors (Lipinski definition) is 1. The molecule has 8 heteroatoms. The standard InChI is InChI=1S/C13H18ClN3O3S/c1-20-13(19)17-8-6-16(7-9-17)5-4-15-12(18)10-2-3-11(14)21-10/h2-3H,4-9H2,1H3,(H,15,18). The van der Waals surface area contributed by atoms with E-state index in [1.807, 2.05) is 0 Å². The summed E-state index contributed by atoms with van der Waals surface area (Å²) in [6, 6.07) is 3.44. The van der Waals surface area contributed by atoms with Crippen LogP contribution in [0, 0.1) is 0 Å². The first-order chi connectivity index (χ1) is 10.1. The Labute approximate surface area is 132 Å². The number of hydrogen-bond acceptors (Lipinski definition) is 5. The summed E-state index contributed by atoms with van der Waals surface area (Å²) >= 11 is 7.07. The molecule has 116 valence electrons. The summed E-state index contributed by atoms with van der Waals surface area (Å²) in [4.78, 5) is 27.7. The van der Waals surface area contributed by atoms with Crippen molar-refractivity contribution in [1.82, 2.24) is 15.1 Å². The van der Waals surface area contributed by atoms with Gasteiger partial charge in [-0.3, -0.25) is 9.69 Å². The summed E-state index contributed by atoms with van der Waals surface area (Å²) in [5, 5.41) is 2.87.